The SMILES string of the molecule is c1ccc(-c2ccc(N(c3ccc(-c4ccccc4)cc3)c3ccc(-c4ccc(-c5cccc6c5C5(CCC7CC8CC5C8C7)c5ccccc5-6)cc4)cc3)cc2)cc1. The second-order valence-corrected chi connectivity index (χ2v) is 17.7. The number of hydrogen-bond donors (Lipinski definition) is 0. The summed E-state index contributed by atoms with van der Waals surface area (Å²) in [6.07, 6.45) is 7.02. The summed E-state index contributed by atoms with van der Waals surface area (Å²) in [7, 11) is 0. The van der Waals surface area contributed by atoms with Gasteiger partial charge >= 0.3 is 0 Å². The van der Waals surface area contributed by atoms with Crippen LogP contribution in [0.25, 0.3) is 55.6 Å². The molecule has 0 aromatic heterocycles. The van der Waals surface area contributed by atoms with Crippen LogP contribution in [0.2, 0.25) is 0 Å². The van der Waals surface area contributed by atoms with E-state index in [1.165, 1.54) is 87.7 Å². The standard InChI is InChI=1S/C58H47N/c1-3-10-40(11-4-1)43-22-28-48(29-23-43)59(49-30-24-44(25-31-49)41-12-5-2-6-13-41)50-32-26-45(27-33-50)42-18-20-46(21-19-42)51-15-9-16-53-52-14-7-8-17-55(52)58(57(51)53)35-34-39-36-47-38-56(58)54(47)37-39/h1-33,39,47,54,56H,34-38H2. The first-order valence-electron chi connectivity index (χ1n) is 21.8. The van der Waals surface area contributed by atoms with E-state index in [-0.39, 0.29) is 5.41 Å². The van der Waals surface area contributed by atoms with Gasteiger partial charge in [0.2, 0.25) is 0 Å². The molecule has 0 aliphatic heterocycles. The summed E-state index contributed by atoms with van der Waals surface area (Å²) < 4.78 is 0. The quantitative estimate of drug-likeness (QED) is 0.156. The molecule has 59 heavy (non-hydrogen) atoms. The molecule has 3 saturated carbocycles. The molecule has 8 aromatic rings. The lowest BCUT2D eigenvalue weighted by Gasteiger charge is -2.53. The molecular weight excluding hydrogens is 711 g/mol. The van der Waals surface area contributed by atoms with Gasteiger partial charge in [0.1, 0.15) is 0 Å². The highest BCUT2D eigenvalue weighted by atomic mass is 15.1. The minimum Gasteiger partial charge on any atom is -0.311 e. The van der Waals surface area contributed by atoms with E-state index >= 15 is 0 Å². The Balaban J connectivity index is 0.878. The zero-order valence-corrected chi connectivity index (χ0v) is 33.3. The Hall–Kier alpha value is -6.44. The highest BCUT2D eigenvalue weighted by molar-refractivity contribution is 5.89. The largest absolute Gasteiger partial charge is 0.311 e. The molecule has 0 amide bonds. The van der Waals surface area contributed by atoms with Crippen LogP contribution >= 0.6 is 0 Å². The summed E-state index contributed by atoms with van der Waals surface area (Å²) in [6.45, 7) is 0. The highest BCUT2D eigenvalue weighted by Crippen LogP contribution is 2.70. The molecule has 0 radical (unpaired) electrons. The molecule has 3 fully saturated rings. The van der Waals surface area contributed by atoms with Crippen molar-refractivity contribution >= 4 is 17.1 Å². The third-order valence-electron chi connectivity index (χ3n) is 14.8. The van der Waals surface area contributed by atoms with Crippen LogP contribution in [-0.4, -0.2) is 0 Å². The van der Waals surface area contributed by atoms with Crippen LogP contribution in [-0.2, 0) is 5.41 Å². The van der Waals surface area contributed by atoms with Crippen molar-refractivity contribution < 1.29 is 0 Å². The first kappa shape index (κ1) is 34.6. The predicted molar refractivity (Wildman–Crippen MR) is 246 cm³/mol. The second-order valence-electron chi connectivity index (χ2n) is 17.7. The fourth-order valence-corrected chi connectivity index (χ4v) is 12.1. The van der Waals surface area contributed by atoms with Gasteiger partial charge in [-0.15, -0.1) is 0 Å². The van der Waals surface area contributed by atoms with Crippen molar-refractivity contribution in [2.75, 3.05) is 4.90 Å². The van der Waals surface area contributed by atoms with Gasteiger partial charge in [-0.3, -0.25) is 0 Å². The van der Waals surface area contributed by atoms with Gasteiger partial charge in [-0.1, -0.05) is 164 Å². The molecule has 0 saturated heterocycles. The average molecular weight is 758 g/mol. The summed E-state index contributed by atoms with van der Waals surface area (Å²) >= 11 is 0. The van der Waals surface area contributed by atoms with Crippen LogP contribution in [0.5, 0.6) is 0 Å². The molecule has 5 unspecified atom stereocenters. The lowest BCUT2D eigenvalue weighted by Crippen LogP contribution is -2.48. The van der Waals surface area contributed by atoms with Crippen molar-refractivity contribution in [1.29, 1.82) is 0 Å². The second kappa shape index (κ2) is 13.8. The van der Waals surface area contributed by atoms with Crippen molar-refractivity contribution in [2.45, 2.75) is 37.5 Å². The van der Waals surface area contributed by atoms with Crippen LogP contribution in [0.3, 0.4) is 0 Å². The lowest BCUT2D eigenvalue weighted by atomic mass is 9.51. The molecule has 8 aromatic carbocycles. The number of nitrogens with zero attached hydrogens (tertiary/aromatic N) is 1. The molecule has 0 N–H and O–H groups in total. The molecule has 1 spiro atoms. The fraction of sp³-hybridized carbons (Fsp3) is 0.172. The molecule has 12 rings (SSSR count). The zero-order chi connectivity index (χ0) is 38.9. The van der Waals surface area contributed by atoms with Crippen LogP contribution < -0.4 is 4.90 Å². The Bertz CT molecular complexity index is 2700. The summed E-state index contributed by atoms with van der Waals surface area (Å²) in [5.41, 5.74) is 19.8. The van der Waals surface area contributed by atoms with Gasteiger partial charge in [-0.05, 0) is 159 Å². The molecule has 2 bridgehead atoms. The van der Waals surface area contributed by atoms with E-state index < -0.39 is 0 Å². The van der Waals surface area contributed by atoms with Gasteiger partial charge in [-0.2, -0.15) is 0 Å². The molecule has 1 heteroatoms. The van der Waals surface area contributed by atoms with Crippen LogP contribution in [0.15, 0.2) is 200 Å². The van der Waals surface area contributed by atoms with Crippen molar-refractivity contribution in [1.82, 2.24) is 0 Å². The number of fused-ring (bicyclic) bond motifs is 7. The summed E-state index contributed by atoms with van der Waals surface area (Å²) in [5, 5.41) is 0. The van der Waals surface area contributed by atoms with Gasteiger partial charge < -0.3 is 4.90 Å². The number of anilines is 3. The van der Waals surface area contributed by atoms with Crippen molar-refractivity contribution in [2.24, 2.45) is 23.7 Å². The van der Waals surface area contributed by atoms with Crippen molar-refractivity contribution in [3.63, 3.8) is 0 Å². The number of rotatable bonds is 7. The van der Waals surface area contributed by atoms with E-state index in [2.05, 4.69) is 205 Å². The van der Waals surface area contributed by atoms with E-state index in [0.29, 0.717) is 0 Å². The molecule has 4 aliphatic carbocycles. The van der Waals surface area contributed by atoms with E-state index in [9.17, 15) is 0 Å². The molecule has 284 valence electrons. The van der Waals surface area contributed by atoms with E-state index in [0.717, 1.165) is 40.7 Å². The summed E-state index contributed by atoms with van der Waals surface area (Å²) in [4.78, 5) is 2.36. The maximum Gasteiger partial charge on any atom is 0.0462 e. The third-order valence-corrected chi connectivity index (χ3v) is 14.8. The smallest absolute Gasteiger partial charge is 0.0462 e. The van der Waals surface area contributed by atoms with Crippen LogP contribution in [0.4, 0.5) is 17.1 Å². The Labute approximate surface area is 348 Å². The summed E-state index contributed by atoms with van der Waals surface area (Å²) in [5.74, 6) is 3.56. The Kier molecular flexibility index (Phi) is 8.12. The molecule has 0 heterocycles. The third kappa shape index (κ3) is 5.59. The van der Waals surface area contributed by atoms with E-state index in [4.69, 9.17) is 0 Å². The van der Waals surface area contributed by atoms with Crippen molar-refractivity contribution in [3.8, 4) is 55.6 Å². The monoisotopic (exact) mass is 757 g/mol. The average Bonchev–Trinajstić information content (AvgIpc) is 3.73. The number of hydrogen-bond acceptors (Lipinski definition) is 1. The van der Waals surface area contributed by atoms with E-state index in [1.54, 1.807) is 11.1 Å². The van der Waals surface area contributed by atoms with Gasteiger partial charge in [0.05, 0.1) is 0 Å². The maximum absolute atomic E-state index is 2.48. The molecular formula is C58H47N. The predicted octanol–water partition coefficient (Wildman–Crippen LogP) is 15.5. The molecule has 5 atom stereocenters. The van der Waals surface area contributed by atoms with Crippen LogP contribution in [0.1, 0.15) is 43.2 Å². The molecule has 1 nitrogen and oxygen atoms in total. The number of benzene rings is 8. The topological polar surface area (TPSA) is 3.24 Å². The minimum absolute atomic E-state index is 0.142. The zero-order valence-electron chi connectivity index (χ0n) is 33.3. The van der Waals surface area contributed by atoms with Gasteiger partial charge in [0, 0.05) is 22.5 Å². The van der Waals surface area contributed by atoms with Crippen molar-refractivity contribution in [3.05, 3.63) is 211 Å². The normalized spacial score (nSPS) is 22.0. The first-order chi connectivity index (χ1) is 29.2. The van der Waals surface area contributed by atoms with Gasteiger partial charge in [0.15, 0.2) is 0 Å². The summed E-state index contributed by atoms with van der Waals surface area (Å²) in [6, 6.07) is 74.3. The lowest BCUT2D eigenvalue weighted by molar-refractivity contribution is 0.0402. The first-order valence-corrected chi connectivity index (χ1v) is 21.8. The van der Waals surface area contributed by atoms with Gasteiger partial charge in [0.25, 0.3) is 0 Å². The Morgan fingerprint density at radius 3 is 1.41 bits per heavy atom. The minimum atomic E-state index is 0.142. The van der Waals surface area contributed by atoms with Crippen LogP contribution in [0, 0.1) is 23.7 Å². The maximum atomic E-state index is 2.48. The van der Waals surface area contributed by atoms with E-state index in [1.807, 2.05) is 0 Å². The Morgan fingerprint density at radius 2 is 0.831 bits per heavy atom. The fourth-order valence-electron chi connectivity index (χ4n) is 12.1. The highest BCUT2D eigenvalue weighted by Gasteiger charge is 2.62. The van der Waals surface area contributed by atoms with Gasteiger partial charge in [-0.25, -0.2) is 0 Å². The Morgan fingerprint density at radius 1 is 0.373 bits per heavy atom. The molecule has 4 aliphatic rings.